The number of nitrogens with zero attached hydrogens (tertiary/aromatic N) is 4. The van der Waals surface area contributed by atoms with Crippen molar-refractivity contribution in [3.05, 3.63) is 69.7 Å². The van der Waals surface area contributed by atoms with Crippen LogP contribution in [0.3, 0.4) is 0 Å². The van der Waals surface area contributed by atoms with Gasteiger partial charge in [-0.15, -0.1) is 5.10 Å². The number of rotatable bonds is 8. The van der Waals surface area contributed by atoms with Crippen LogP contribution in [0.2, 0.25) is 10.0 Å². The van der Waals surface area contributed by atoms with E-state index in [2.05, 4.69) is 15.4 Å². The van der Waals surface area contributed by atoms with E-state index in [9.17, 15) is 14.4 Å². The smallest absolute Gasteiger partial charge is 0.306 e. The molecule has 2 heterocycles. The molecule has 12 heteroatoms. The van der Waals surface area contributed by atoms with Crippen molar-refractivity contribution in [2.45, 2.75) is 32.4 Å². The third-order valence-electron chi connectivity index (χ3n) is 5.77. The largest absolute Gasteiger partial charge is 0.489 e. The highest BCUT2D eigenvalue weighted by atomic mass is 35.5. The Balaban J connectivity index is 1.42. The molecule has 3 aromatic rings. The number of anilines is 1. The number of amides is 2. The van der Waals surface area contributed by atoms with E-state index in [1.165, 1.54) is 15.9 Å². The Morgan fingerprint density at radius 2 is 1.97 bits per heavy atom. The van der Waals surface area contributed by atoms with E-state index >= 15 is 0 Å². The molecule has 1 aliphatic heterocycles. The van der Waals surface area contributed by atoms with Crippen LogP contribution >= 0.6 is 23.2 Å². The second-order valence-corrected chi connectivity index (χ2v) is 9.12. The van der Waals surface area contributed by atoms with Gasteiger partial charge in [-0.3, -0.25) is 14.4 Å². The number of benzene rings is 2. The number of likely N-dealkylation sites (N-methyl/N-ethyl adjacent to an activating group) is 1. The summed E-state index contributed by atoms with van der Waals surface area (Å²) in [4.78, 5) is 43.1. The quantitative estimate of drug-likeness (QED) is 0.431. The Bertz CT molecular complexity index is 1310. The van der Waals surface area contributed by atoms with Crippen molar-refractivity contribution in [3.63, 3.8) is 0 Å². The Labute approximate surface area is 223 Å². The lowest BCUT2D eigenvalue weighted by molar-refractivity contribution is -0.143. The lowest BCUT2D eigenvalue weighted by Gasteiger charge is -2.20. The van der Waals surface area contributed by atoms with Crippen LogP contribution in [-0.2, 0) is 27.3 Å². The highest BCUT2D eigenvalue weighted by molar-refractivity contribution is 6.36. The van der Waals surface area contributed by atoms with Gasteiger partial charge in [0.25, 0.3) is 11.8 Å². The van der Waals surface area contributed by atoms with E-state index in [1.807, 2.05) is 6.07 Å². The number of aromatic nitrogens is 3. The molecule has 0 radical (unpaired) electrons. The Morgan fingerprint density at radius 1 is 1.22 bits per heavy atom. The molecular weight excluding hydrogens is 521 g/mol. The van der Waals surface area contributed by atoms with Crippen LogP contribution in [0.5, 0.6) is 5.75 Å². The molecule has 1 atom stereocenters. The second kappa shape index (κ2) is 11.6. The zero-order valence-electron chi connectivity index (χ0n) is 20.2. The van der Waals surface area contributed by atoms with Gasteiger partial charge in [0.15, 0.2) is 0 Å². The molecule has 4 rings (SSSR count). The van der Waals surface area contributed by atoms with Crippen LogP contribution in [0.15, 0.2) is 42.7 Å². The Kier molecular flexibility index (Phi) is 8.30. The maximum absolute atomic E-state index is 13.1. The number of halogens is 2. The maximum atomic E-state index is 13.1. The van der Waals surface area contributed by atoms with Crippen molar-refractivity contribution in [1.29, 1.82) is 0 Å². The third kappa shape index (κ3) is 6.20. The number of esters is 1. The summed E-state index contributed by atoms with van der Waals surface area (Å²) in [5.74, 6) is -0.891. The van der Waals surface area contributed by atoms with Crippen LogP contribution < -0.4 is 15.0 Å². The predicted octanol–water partition coefficient (Wildman–Crippen LogP) is 3.28. The van der Waals surface area contributed by atoms with Gasteiger partial charge in [0.05, 0.1) is 18.8 Å². The molecule has 37 heavy (non-hydrogen) atoms. The fraction of sp³-hybridized carbons (Fsp3) is 0.320. The fourth-order valence-electron chi connectivity index (χ4n) is 3.83. The molecule has 0 saturated heterocycles. The van der Waals surface area contributed by atoms with Crippen molar-refractivity contribution in [3.8, 4) is 5.75 Å². The first-order valence-electron chi connectivity index (χ1n) is 11.6. The number of fused-ring (bicyclic) bond motifs is 1. The molecule has 0 fully saturated rings. The number of carbonyl (C=O) groups is 3. The summed E-state index contributed by atoms with van der Waals surface area (Å²) < 4.78 is 12.2. The van der Waals surface area contributed by atoms with Gasteiger partial charge in [0.2, 0.25) is 5.82 Å². The number of ether oxygens (including phenoxy) is 2. The highest BCUT2D eigenvalue weighted by Gasteiger charge is 2.31. The van der Waals surface area contributed by atoms with Gasteiger partial charge >= 0.3 is 5.97 Å². The first kappa shape index (κ1) is 26.4. The summed E-state index contributed by atoms with van der Waals surface area (Å²) in [6, 6.07) is 9.56. The van der Waals surface area contributed by atoms with E-state index in [4.69, 9.17) is 32.7 Å². The van der Waals surface area contributed by atoms with E-state index in [-0.39, 0.29) is 37.3 Å². The fourth-order valence-corrected chi connectivity index (χ4v) is 4.34. The molecule has 1 aliphatic rings. The standard InChI is InChI=1S/C25H25Cl2N5O5/c1-3-36-22(33)10-8-15-7-9-21-20(11-15)31(2)25(35)19(13-37-21)29-24(34)23-28-14-32(30-23)12-16-17(26)5-4-6-18(16)27/h4-7,9,11,14,19H,3,8,10,12-13H2,1-2H3,(H,29,34). The SMILES string of the molecule is CCOC(=O)CCc1ccc2c(c1)N(C)C(=O)C(NC(=O)c1ncn(Cc3c(Cl)cccc3Cl)n1)CO2. The Morgan fingerprint density at radius 3 is 2.70 bits per heavy atom. The minimum absolute atomic E-state index is 0.0694. The molecule has 1 unspecified atom stereocenters. The first-order valence-corrected chi connectivity index (χ1v) is 12.3. The molecule has 1 N–H and O–H groups in total. The van der Waals surface area contributed by atoms with Gasteiger partial charge in [-0.05, 0) is 43.2 Å². The third-order valence-corrected chi connectivity index (χ3v) is 6.48. The number of aryl methyl sites for hydroxylation is 1. The highest BCUT2D eigenvalue weighted by Crippen LogP contribution is 2.32. The van der Waals surface area contributed by atoms with Gasteiger partial charge < -0.3 is 19.7 Å². The van der Waals surface area contributed by atoms with Crippen molar-refractivity contribution >= 4 is 46.7 Å². The molecule has 0 aliphatic carbocycles. The van der Waals surface area contributed by atoms with Crippen molar-refractivity contribution in [1.82, 2.24) is 20.1 Å². The van der Waals surface area contributed by atoms with Crippen LogP contribution in [0.1, 0.15) is 35.1 Å². The summed E-state index contributed by atoms with van der Waals surface area (Å²) in [6.07, 6.45) is 2.08. The molecular formula is C25H25Cl2N5O5. The molecule has 2 aromatic carbocycles. The van der Waals surface area contributed by atoms with E-state index in [0.717, 1.165) is 5.56 Å². The van der Waals surface area contributed by atoms with Gasteiger partial charge in [0, 0.05) is 29.1 Å². The number of carbonyl (C=O) groups excluding carboxylic acids is 3. The zero-order valence-corrected chi connectivity index (χ0v) is 21.8. The molecule has 0 saturated carbocycles. The predicted molar refractivity (Wildman–Crippen MR) is 137 cm³/mol. The van der Waals surface area contributed by atoms with Gasteiger partial charge in [-0.1, -0.05) is 35.3 Å². The molecule has 194 valence electrons. The monoisotopic (exact) mass is 545 g/mol. The van der Waals surface area contributed by atoms with Crippen LogP contribution in [-0.4, -0.2) is 58.9 Å². The molecule has 2 amide bonds. The summed E-state index contributed by atoms with van der Waals surface area (Å²) in [5, 5.41) is 7.79. The zero-order chi connectivity index (χ0) is 26.5. The lowest BCUT2D eigenvalue weighted by atomic mass is 10.1. The number of hydrogen-bond acceptors (Lipinski definition) is 7. The van der Waals surface area contributed by atoms with E-state index < -0.39 is 11.9 Å². The number of hydrogen-bond donors (Lipinski definition) is 1. The van der Waals surface area contributed by atoms with Crippen molar-refractivity contribution in [2.24, 2.45) is 0 Å². The molecule has 10 nitrogen and oxygen atoms in total. The molecule has 0 spiro atoms. The summed E-state index contributed by atoms with van der Waals surface area (Å²) in [7, 11) is 1.60. The van der Waals surface area contributed by atoms with Crippen molar-refractivity contribution in [2.75, 3.05) is 25.2 Å². The topological polar surface area (TPSA) is 116 Å². The summed E-state index contributed by atoms with van der Waals surface area (Å²) >= 11 is 12.4. The van der Waals surface area contributed by atoms with Gasteiger partial charge in [0.1, 0.15) is 24.7 Å². The second-order valence-electron chi connectivity index (χ2n) is 8.31. The lowest BCUT2D eigenvalue weighted by Crippen LogP contribution is -2.49. The van der Waals surface area contributed by atoms with Gasteiger partial charge in [-0.2, -0.15) is 0 Å². The molecule has 1 aromatic heterocycles. The summed E-state index contributed by atoms with van der Waals surface area (Å²) in [5.41, 5.74) is 2.05. The summed E-state index contributed by atoms with van der Waals surface area (Å²) in [6.45, 7) is 2.24. The van der Waals surface area contributed by atoms with Gasteiger partial charge in [-0.25, -0.2) is 9.67 Å². The van der Waals surface area contributed by atoms with Crippen LogP contribution in [0, 0.1) is 0 Å². The average molecular weight is 546 g/mol. The molecule has 0 bridgehead atoms. The first-order chi connectivity index (χ1) is 17.8. The van der Waals surface area contributed by atoms with Crippen LogP contribution in [0.4, 0.5) is 5.69 Å². The minimum atomic E-state index is -0.960. The minimum Gasteiger partial charge on any atom is -0.489 e. The van der Waals surface area contributed by atoms with E-state index in [0.29, 0.717) is 40.1 Å². The number of nitrogens with one attached hydrogen (secondary N) is 1. The van der Waals surface area contributed by atoms with Crippen molar-refractivity contribution < 1.29 is 23.9 Å². The average Bonchev–Trinajstić information content (AvgIpc) is 3.32. The van der Waals surface area contributed by atoms with Crippen LogP contribution in [0.25, 0.3) is 0 Å². The Hall–Kier alpha value is -3.63. The maximum Gasteiger partial charge on any atom is 0.306 e. The van der Waals surface area contributed by atoms with E-state index in [1.54, 1.807) is 44.3 Å². The normalized spacial score (nSPS) is 15.0.